The molecule has 0 aliphatic carbocycles. The zero-order valence-electron chi connectivity index (χ0n) is 17.9. The van der Waals surface area contributed by atoms with Gasteiger partial charge in [-0.2, -0.15) is 4.31 Å². The molecule has 0 radical (unpaired) electrons. The van der Waals surface area contributed by atoms with Gasteiger partial charge in [0.2, 0.25) is 15.9 Å². The standard InChI is InChI=1S/C22H30N2O5S/c1-18(2)24(30(26,27)15-12-20-8-6-5-7-9-20)17-22(25)23(13-14-28-4)16-21-11-10-19(3)29-21/h5-12,15,18H,13-14,16-17H2,1-4H3/b15-12+. The third-order valence-electron chi connectivity index (χ3n) is 4.49. The Kier molecular flexibility index (Phi) is 8.83. The van der Waals surface area contributed by atoms with Crippen molar-refractivity contribution in [1.29, 1.82) is 0 Å². The molecule has 1 amide bonds. The summed E-state index contributed by atoms with van der Waals surface area (Å²) >= 11 is 0. The van der Waals surface area contributed by atoms with Gasteiger partial charge in [0.1, 0.15) is 11.5 Å². The van der Waals surface area contributed by atoms with Gasteiger partial charge in [-0.1, -0.05) is 30.3 Å². The zero-order valence-corrected chi connectivity index (χ0v) is 18.8. The first-order valence-electron chi connectivity index (χ1n) is 9.80. The first-order valence-corrected chi connectivity index (χ1v) is 11.3. The SMILES string of the molecule is COCCN(Cc1ccc(C)o1)C(=O)CN(C(C)C)S(=O)(=O)/C=C/c1ccccc1. The second-order valence-corrected chi connectivity index (χ2v) is 8.99. The third kappa shape index (κ3) is 7.12. The summed E-state index contributed by atoms with van der Waals surface area (Å²) in [6, 6.07) is 12.4. The van der Waals surface area contributed by atoms with Gasteiger partial charge in [0, 0.05) is 25.1 Å². The number of ether oxygens (including phenoxy) is 1. The molecule has 0 N–H and O–H groups in total. The van der Waals surface area contributed by atoms with E-state index in [1.807, 2.05) is 49.4 Å². The molecule has 8 heteroatoms. The summed E-state index contributed by atoms with van der Waals surface area (Å²) in [6.45, 7) is 5.99. The number of aryl methyl sites for hydroxylation is 1. The summed E-state index contributed by atoms with van der Waals surface area (Å²) in [4.78, 5) is 14.5. The Morgan fingerprint density at radius 3 is 2.43 bits per heavy atom. The van der Waals surface area contributed by atoms with E-state index in [1.54, 1.807) is 25.9 Å². The van der Waals surface area contributed by atoms with Gasteiger partial charge in [0.05, 0.1) is 19.7 Å². The Morgan fingerprint density at radius 1 is 1.17 bits per heavy atom. The van der Waals surface area contributed by atoms with Crippen molar-refractivity contribution in [3.63, 3.8) is 0 Å². The molecule has 0 atom stereocenters. The molecule has 30 heavy (non-hydrogen) atoms. The molecule has 0 saturated carbocycles. The molecule has 0 aliphatic heterocycles. The molecule has 0 spiro atoms. The van der Waals surface area contributed by atoms with Gasteiger partial charge >= 0.3 is 0 Å². The smallest absolute Gasteiger partial charge is 0.238 e. The van der Waals surface area contributed by atoms with Crippen molar-refractivity contribution in [2.45, 2.75) is 33.4 Å². The largest absolute Gasteiger partial charge is 0.464 e. The molecule has 0 bridgehead atoms. The summed E-state index contributed by atoms with van der Waals surface area (Å²) < 4.78 is 37.7. The lowest BCUT2D eigenvalue weighted by Crippen LogP contribution is -2.45. The number of carbonyl (C=O) groups is 1. The lowest BCUT2D eigenvalue weighted by molar-refractivity contribution is -0.133. The minimum atomic E-state index is -3.79. The number of nitrogens with zero attached hydrogens (tertiary/aromatic N) is 2. The van der Waals surface area contributed by atoms with E-state index in [4.69, 9.17) is 9.15 Å². The van der Waals surface area contributed by atoms with Gasteiger partial charge in [-0.05, 0) is 44.5 Å². The quantitative estimate of drug-likeness (QED) is 0.542. The van der Waals surface area contributed by atoms with Gasteiger partial charge in [0.25, 0.3) is 0 Å². The number of furan rings is 1. The highest BCUT2D eigenvalue weighted by Crippen LogP contribution is 2.14. The number of hydrogen-bond acceptors (Lipinski definition) is 5. The van der Waals surface area contributed by atoms with Gasteiger partial charge in [0.15, 0.2) is 0 Å². The van der Waals surface area contributed by atoms with E-state index in [1.165, 1.54) is 10.4 Å². The predicted molar refractivity (Wildman–Crippen MR) is 117 cm³/mol. The van der Waals surface area contributed by atoms with Crippen molar-refractivity contribution in [2.24, 2.45) is 0 Å². The normalized spacial score (nSPS) is 12.2. The van der Waals surface area contributed by atoms with Crippen LogP contribution in [-0.4, -0.2) is 56.4 Å². The molecule has 0 fully saturated rings. The summed E-state index contributed by atoms with van der Waals surface area (Å²) in [5, 5.41) is 1.14. The average molecular weight is 435 g/mol. The van der Waals surface area contributed by atoms with E-state index in [9.17, 15) is 13.2 Å². The molecule has 1 aromatic heterocycles. The van der Waals surface area contributed by atoms with Gasteiger partial charge in [-0.3, -0.25) is 4.79 Å². The number of methoxy groups -OCH3 is 1. The van der Waals surface area contributed by atoms with Crippen LogP contribution in [0.25, 0.3) is 6.08 Å². The molecule has 1 aromatic carbocycles. The van der Waals surface area contributed by atoms with Crippen molar-refractivity contribution in [2.75, 3.05) is 26.8 Å². The second kappa shape index (κ2) is 11.1. The van der Waals surface area contributed by atoms with Crippen LogP contribution in [0.2, 0.25) is 0 Å². The molecule has 0 saturated heterocycles. The molecule has 164 valence electrons. The van der Waals surface area contributed by atoms with Crippen LogP contribution in [0.4, 0.5) is 0 Å². The van der Waals surface area contributed by atoms with E-state index in [0.29, 0.717) is 18.9 Å². The summed E-state index contributed by atoms with van der Waals surface area (Å²) in [5.74, 6) is 1.08. The number of hydrogen-bond donors (Lipinski definition) is 0. The summed E-state index contributed by atoms with van der Waals surface area (Å²) in [7, 11) is -2.23. The fraction of sp³-hybridized carbons (Fsp3) is 0.409. The highest BCUT2D eigenvalue weighted by Gasteiger charge is 2.27. The van der Waals surface area contributed by atoms with Crippen molar-refractivity contribution in [3.05, 3.63) is 65.0 Å². The fourth-order valence-electron chi connectivity index (χ4n) is 2.86. The molecule has 0 unspecified atom stereocenters. The van der Waals surface area contributed by atoms with Crippen LogP contribution < -0.4 is 0 Å². The fourth-order valence-corrected chi connectivity index (χ4v) is 4.22. The Morgan fingerprint density at radius 2 is 1.87 bits per heavy atom. The topological polar surface area (TPSA) is 80.1 Å². The van der Waals surface area contributed by atoms with E-state index in [-0.39, 0.29) is 25.0 Å². The van der Waals surface area contributed by atoms with Gasteiger partial charge in [-0.15, -0.1) is 0 Å². The van der Waals surface area contributed by atoms with Gasteiger partial charge < -0.3 is 14.1 Å². The van der Waals surface area contributed by atoms with Crippen LogP contribution in [0.1, 0.15) is 30.9 Å². The monoisotopic (exact) mass is 434 g/mol. The molecule has 2 rings (SSSR count). The molecule has 2 aromatic rings. The van der Waals surface area contributed by atoms with Crippen molar-refractivity contribution in [1.82, 2.24) is 9.21 Å². The van der Waals surface area contributed by atoms with Crippen LogP contribution in [0.5, 0.6) is 0 Å². The second-order valence-electron chi connectivity index (χ2n) is 7.22. The van der Waals surface area contributed by atoms with Crippen LogP contribution in [0, 0.1) is 6.92 Å². The van der Waals surface area contributed by atoms with Crippen molar-refractivity contribution in [3.8, 4) is 0 Å². The molecule has 1 heterocycles. The number of amides is 1. The van der Waals surface area contributed by atoms with E-state index in [0.717, 1.165) is 16.7 Å². The van der Waals surface area contributed by atoms with Gasteiger partial charge in [-0.25, -0.2) is 8.42 Å². The maximum absolute atomic E-state index is 13.0. The number of benzene rings is 1. The predicted octanol–water partition coefficient (Wildman–Crippen LogP) is 3.27. The minimum absolute atomic E-state index is 0.252. The summed E-state index contributed by atoms with van der Waals surface area (Å²) in [5.41, 5.74) is 0.769. The number of rotatable bonds is 11. The van der Waals surface area contributed by atoms with E-state index in [2.05, 4.69) is 0 Å². The van der Waals surface area contributed by atoms with Crippen LogP contribution >= 0.6 is 0 Å². The van der Waals surface area contributed by atoms with Crippen molar-refractivity contribution >= 4 is 22.0 Å². The molecular weight excluding hydrogens is 404 g/mol. The average Bonchev–Trinajstić information content (AvgIpc) is 3.12. The Bertz CT molecular complexity index is 935. The lowest BCUT2D eigenvalue weighted by Gasteiger charge is -2.28. The zero-order chi connectivity index (χ0) is 22.1. The van der Waals surface area contributed by atoms with Crippen LogP contribution in [-0.2, 0) is 26.1 Å². The van der Waals surface area contributed by atoms with Crippen LogP contribution in [0.15, 0.2) is 52.3 Å². The summed E-state index contributed by atoms with van der Waals surface area (Å²) in [6.07, 6.45) is 1.53. The van der Waals surface area contributed by atoms with Crippen molar-refractivity contribution < 1.29 is 22.4 Å². The Labute approximate surface area is 179 Å². The Hall–Kier alpha value is -2.42. The lowest BCUT2D eigenvalue weighted by atomic mass is 10.2. The maximum atomic E-state index is 13.0. The first kappa shape index (κ1) is 23.9. The molecule has 7 nitrogen and oxygen atoms in total. The third-order valence-corrected chi connectivity index (χ3v) is 6.17. The Balaban J connectivity index is 2.17. The molecule has 0 aliphatic rings. The van der Waals surface area contributed by atoms with Crippen LogP contribution in [0.3, 0.4) is 0 Å². The highest BCUT2D eigenvalue weighted by molar-refractivity contribution is 7.92. The first-order chi connectivity index (χ1) is 14.2. The highest BCUT2D eigenvalue weighted by atomic mass is 32.2. The van der Waals surface area contributed by atoms with E-state index < -0.39 is 10.0 Å². The molecular formula is C22H30N2O5S. The van der Waals surface area contributed by atoms with E-state index >= 15 is 0 Å². The minimum Gasteiger partial charge on any atom is -0.464 e. The maximum Gasteiger partial charge on any atom is 0.238 e. The number of carbonyl (C=O) groups excluding carboxylic acids is 1. The number of sulfonamides is 1.